The molecule has 0 bridgehead atoms. The van der Waals surface area contributed by atoms with Gasteiger partial charge in [-0.15, -0.1) is 0 Å². The third-order valence-electron chi connectivity index (χ3n) is 5.37. The minimum absolute atomic E-state index is 0.737. The van der Waals surface area contributed by atoms with Crippen LogP contribution < -0.4 is 4.74 Å². The Kier molecular flexibility index (Phi) is 8.13. The molecule has 1 fully saturated rings. The van der Waals surface area contributed by atoms with Crippen molar-refractivity contribution in [2.75, 3.05) is 46.6 Å². The van der Waals surface area contributed by atoms with Gasteiger partial charge in [0.2, 0.25) is 0 Å². The van der Waals surface area contributed by atoms with Crippen molar-refractivity contribution >= 4 is 11.8 Å². The van der Waals surface area contributed by atoms with E-state index in [0.29, 0.717) is 0 Å². The number of rotatable bonds is 9. The Morgan fingerprint density at radius 3 is 2.61 bits per heavy atom. The first-order chi connectivity index (χ1) is 13.7. The molecule has 1 saturated heterocycles. The maximum Gasteiger partial charge on any atom is 0.187 e. The number of thioether (sulfide) groups is 1. The van der Waals surface area contributed by atoms with Crippen molar-refractivity contribution in [2.45, 2.75) is 31.0 Å². The molecule has 0 unspecified atom stereocenters. The molecule has 6 heteroatoms. The second-order valence-corrected chi connectivity index (χ2v) is 8.46. The lowest BCUT2D eigenvalue weighted by atomic mass is 9.97. The number of benzene rings is 1. The molecule has 1 aromatic carbocycles. The van der Waals surface area contributed by atoms with E-state index in [0.717, 1.165) is 42.9 Å². The fraction of sp³-hybridized carbons (Fsp3) is 0.545. The van der Waals surface area contributed by atoms with Crippen LogP contribution in [0.4, 0.5) is 0 Å². The number of piperidine rings is 1. The van der Waals surface area contributed by atoms with Gasteiger partial charge in [0.1, 0.15) is 5.75 Å². The topological polar surface area (TPSA) is 41.5 Å². The van der Waals surface area contributed by atoms with Crippen LogP contribution in [0.15, 0.2) is 41.8 Å². The van der Waals surface area contributed by atoms with E-state index in [1.165, 1.54) is 37.1 Å². The number of ether oxygens (including phenoxy) is 1. The van der Waals surface area contributed by atoms with Crippen molar-refractivity contribution in [1.29, 1.82) is 0 Å². The van der Waals surface area contributed by atoms with Gasteiger partial charge in [0.15, 0.2) is 5.16 Å². The van der Waals surface area contributed by atoms with Crippen molar-refractivity contribution in [3.05, 3.63) is 47.8 Å². The quantitative estimate of drug-likeness (QED) is 0.473. The van der Waals surface area contributed by atoms with E-state index in [1.807, 2.05) is 18.6 Å². The molecule has 0 spiro atoms. The normalized spacial score (nSPS) is 17.8. The standard InChI is InChI=1S/C22H32N4OS/c1-25(16-20-13-23-22(28-3)24-14-20)15-19-5-4-11-26(17-19)12-10-18-6-8-21(27-2)9-7-18/h6-9,13-14,19H,4-5,10-12,15-17H2,1-3H3/t19-/m1/s1. The van der Waals surface area contributed by atoms with E-state index >= 15 is 0 Å². The minimum Gasteiger partial charge on any atom is -0.497 e. The van der Waals surface area contributed by atoms with Crippen molar-refractivity contribution in [3.8, 4) is 5.75 Å². The Bertz CT molecular complexity index is 707. The van der Waals surface area contributed by atoms with Gasteiger partial charge < -0.3 is 14.5 Å². The average molecular weight is 401 g/mol. The first-order valence-electron chi connectivity index (χ1n) is 10.0. The molecule has 152 valence electrons. The van der Waals surface area contributed by atoms with E-state index in [-0.39, 0.29) is 0 Å². The van der Waals surface area contributed by atoms with Gasteiger partial charge in [0.05, 0.1) is 7.11 Å². The van der Waals surface area contributed by atoms with Crippen LogP contribution in [0.1, 0.15) is 24.0 Å². The van der Waals surface area contributed by atoms with Gasteiger partial charge in [-0.25, -0.2) is 9.97 Å². The van der Waals surface area contributed by atoms with Gasteiger partial charge in [0.25, 0.3) is 0 Å². The maximum absolute atomic E-state index is 5.24. The van der Waals surface area contributed by atoms with Crippen LogP contribution in [0.3, 0.4) is 0 Å². The molecule has 0 N–H and O–H groups in total. The number of methoxy groups -OCH3 is 1. The fourth-order valence-corrected chi connectivity index (χ4v) is 4.25. The minimum atomic E-state index is 0.737. The first kappa shape index (κ1) is 21.1. The highest BCUT2D eigenvalue weighted by molar-refractivity contribution is 7.98. The Morgan fingerprint density at radius 1 is 1.18 bits per heavy atom. The summed E-state index contributed by atoms with van der Waals surface area (Å²) in [6, 6.07) is 8.47. The first-order valence-corrected chi connectivity index (χ1v) is 11.3. The molecule has 2 heterocycles. The van der Waals surface area contributed by atoms with Gasteiger partial charge in [-0.1, -0.05) is 23.9 Å². The van der Waals surface area contributed by atoms with Gasteiger partial charge in [0, 0.05) is 44.1 Å². The summed E-state index contributed by atoms with van der Waals surface area (Å²) in [5.74, 6) is 1.67. The lowest BCUT2D eigenvalue weighted by molar-refractivity contribution is 0.142. The molecule has 0 radical (unpaired) electrons. The number of hydrogen-bond donors (Lipinski definition) is 0. The highest BCUT2D eigenvalue weighted by Gasteiger charge is 2.21. The highest BCUT2D eigenvalue weighted by atomic mass is 32.2. The predicted octanol–water partition coefficient (Wildman–Crippen LogP) is 3.59. The lowest BCUT2D eigenvalue weighted by Crippen LogP contribution is -2.40. The number of likely N-dealkylation sites (tertiary alicyclic amines) is 1. The summed E-state index contributed by atoms with van der Waals surface area (Å²) in [7, 11) is 3.92. The summed E-state index contributed by atoms with van der Waals surface area (Å²) in [5, 5.41) is 0.839. The zero-order chi connectivity index (χ0) is 19.8. The van der Waals surface area contributed by atoms with Gasteiger partial charge in [-0.05, 0) is 62.7 Å². The molecule has 1 aliphatic rings. The molecular formula is C22H32N4OS. The summed E-state index contributed by atoms with van der Waals surface area (Å²) in [5.41, 5.74) is 2.57. The van der Waals surface area contributed by atoms with Crippen LogP contribution in [-0.4, -0.2) is 66.4 Å². The number of hydrogen-bond acceptors (Lipinski definition) is 6. The zero-order valence-corrected chi connectivity index (χ0v) is 18.1. The molecule has 1 atom stereocenters. The van der Waals surface area contributed by atoms with Gasteiger partial charge in [-0.2, -0.15) is 0 Å². The molecule has 0 saturated carbocycles. The molecule has 1 aliphatic heterocycles. The van der Waals surface area contributed by atoms with E-state index in [2.05, 4.69) is 51.1 Å². The summed E-state index contributed by atoms with van der Waals surface area (Å²) in [6.07, 6.45) is 9.64. The lowest BCUT2D eigenvalue weighted by Gasteiger charge is -2.34. The van der Waals surface area contributed by atoms with Crippen LogP contribution in [0.25, 0.3) is 0 Å². The number of aromatic nitrogens is 2. The van der Waals surface area contributed by atoms with Crippen LogP contribution in [0, 0.1) is 5.92 Å². The number of nitrogens with zero attached hydrogens (tertiary/aromatic N) is 4. The van der Waals surface area contributed by atoms with E-state index in [9.17, 15) is 0 Å². The summed E-state index contributed by atoms with van der Waals surface area (Å²) in [4.78, 5) is 13.8. The average Bonchev–Trinajstić information content (AvgIpc) is 2.73. The molecule has 28 heavy (non-hydrogen) atoms. The molecule has 2 aromatic rings. The Morgan fingerprint density at radius 2 is 1.93 bits per heavy atom. The van der Waals surface area contributed by atoms with Crippen LogP contribution in [0.5, 0.6) is 5.75 Å². The third kappa shape index (κ3) is 6.47. The largest absolute Gasteiger partial charge is 0.497 e. The van der Waals surface area contributed by atoms with Crippen LogP contribution in [-0.2, 0) is 13.0 Å². The van der Waals surface area contributed by atoms with Crippen LogP contribution >= 0.6 is 11.8 Å². The Hall–Kier alpha value is -1.63. The smallest absolute Gasteiger partial charge is 0.187 e. The zero-order valence-electron chi connectivity index (χ0n) is 17.3. The summed E-state index contributed by atoms with van der Waals surface area (Å²) >= 11 is 1.58. The highest BCUT2D eigenvalue weighted by Crippen LogP contribution is 2.19. The summed E-state index contributed by atoms with van der Waals surface area (Å²) < 4.78 is 5.24. The summed E-state index contributed by atoms with van der Waals surface area (Å²) in [6.45, 7) is 5.60. The molecule has 1 aromatic heterocycles. The third-order valence-corrected chi connectivity index (χ3v) is 5.94. The van der Waals surface area contributed by atoms with Crippen LogP contribution in [0.2, 0.25) is 0 Å². The predicted molar refractivity (Wildman–Crippen MR) is 116 cm³/mol. The van der Waals surface area contributed by atoms with Crippen molar-refractivity contribution in [1.82, 2.24) is 19.8 Å². The van der Waals surface area contributed by atoms with Crippen molar-refractivity contribution < 1.29 is 4.74 Å². The SMILES string of the molecule is COc1ccc(CCN2CCC[C@H](CN(C)Cc3cnc(SC)nc3)C2)cc1. The Balaban J connectivity index is 1.43. The van der Waals surface area contributed by atoms with Gasteiger partial charge in [-0.3, -0.25) is 0 Å². The monoisotopic (exact) mass is 400 g/mol. The van der Waals surface area contributed by atoms with E-state index < -0.39 is 0 Å². The van der Waals surface area contributed by atoms with Gasteiger partial charge >= 0.3 is 0 Å². The molecule has 0 aliphatic carbocycles. The molecule has 3 rings (SSSR count). The van der Waals surface area contributed by atoms with E-state index in [4.69, 9.17) is 4.74 Å². The van der Waals surface area contributed by atoms with E-state index in [1.54, 1.807) is 18.9 Å². The molecular weight excluding hydrogens is 368 g/mol. The maximum atomic E-state index is 5.24. The second-order valence-electron chi connectivity index (χ2n) is 7.68. The molecule has 5 nitrogen and oxygen atoms in total. The van der Waals surface area contributed by atoms with Crippen molar-refractivity contribution in [3.63, 3.8) is 0 Å². The van der Waals surface area contributed by atoms with Crippen molar-refractivity contribution in [2.24, 2.45) is 5.92 Å². The fourth-order valence-electron chi connectivity index (χ4n) is 3.93. The second kappa shape index (κ2) is 10.8. The Labute approximate surface area is 173 Å². The molecule has 0 amide bonds.